The van der Waals surface area contributed by atoms with Gasteiger partial charge in [-0.1, -0.05) is 47.6 Å². The Morgan fingerprint density at radius 2 is 1.45 bits per heavy atom. The van der Waals surface area contributed by atoms with Gasteiger partial charge in [0.1, 0.15) is 6.10 Å². The lowest BCUT2D eigenvalue weighted by Crippen LogP contribution is -2.65. The quantitative estimate of drug-likeness (QED) is 0.288. The molecule has 0 bridgehead atoms. The third-order valence-corrected chi connectivity index (χ3v) is 6.99. The molecule has 2 aliphatic heterocycles. The van der Waals surface area contributed by atoms with Gasteiger partial charge in [0.05, 0.1) is 30.9 Å². The molecule has 0 saturated carbocycles. The molecule has 42 heavy (non-hydrogen) atoms. The lowest BCUT2D eigenvalue weighted by molar-refractivity contribution is -0.309. The largest absolute Gasteiger partial charge is 0.467 e. The molecule has 7 atom stereocenters. The van der Waals surface area contributed by atoms with E-state index in [4.69, 9.17) is 28.4 Å². The first-order valence-corrected chi connectivity index (χ1v) is 13.9. The fraction of sp³-hybridized carbons (Fsp3) is 0.655. The molecule has 1 amide bonds. The smallest absolute Gasteiger partial charge is 0.339 e. The Balaban J connectivity index is 2.05. The van der Waals surface area contributed by atoms with Gasteiger partial charge in [-0.15, -0.1) is 0 Å². The highest BCUT2D eigenvalue weighted by Gasteiger charge is 2.57. The normalized spacial score (nSPS) is 27.7. The fourth-order valence-electron chi connectivity index (χ4n) is 4.48. The average Bonchev–Trinajstić information content (AvgIpc) is 3.23. The van der Waals surface area contributed by atoms with Gasteiger partial charge in [0.15, 0.2) is 24.4 Å². The van der Waals surface area contributed by atoms with E-state index in [1.54, 1.807) is 67.1 Å². The van der Waals surface area contributed by atoms with Gasteiger partial charge in [0.25, 0.3) is 5.91 Å². The van der Waals surface area contributed by atoms with Gasteiger partial charge >= 0.3 is 23.9 Å². The standard InChI is InChI=1S/C29H40N2O11/c1-14(2)25(33)39-20-21(40-26(34)15(3)4)23(41-27(35)16(5)6)29(42-22(20)28(36)37-8)38-19-12-18(31(7)24(19)32)17-10-9-11-30-13-17/h9-11,13-16,18-23,29H,12H2,1-8H3/t18?,19-,20-,21?,22-,23+,29+/m0/s1. The minimum Gasteiger partial charge on any atom is -0.467 e. The number of methoxy groups -OCH3 is 1. The Kier molecular flexibility index (Phi) is 11.0. The zero-order valence-electron chi connectivity index (χ0n) is 25.2. The van der Waals surface area contributed by atoms with Crippen molar-refractivity contribution < 1.29 is 52.4 Å². The molecule has 2 unspecified atom stereocenters. The zero-order valence-corrected chi connectivity index (χ0v) is 25.2. The van der Waals surface area contributed by atoms with Crippen molar-refractivity contribution in [1.82, 2.24) is 9.88 Å². The van der Waals surface area contributed by atoms with Crippen LogP contribution in [0.2, 0.25) is 0 Å². The number of likely N-dealkylation sites (tertiary alicyclic amines) is 1. The second-order valence-corrected chi connectivity index (χ2v) is 11.2. The number of esters is 4. The van der Waals surface area contributed by atoms with Crippen molar-refractivity contribution in [3.63, 3.8) is 0 Å². The third kappa shape index (κ3) is 7.43. The minimum atomic E-state index is -1.63. The van der Waals surface area contributed by atoms with Gasteiger partial charge in [-0.2, -0.15) is 0 Å². The predicted octanol–water partition coefficient (Wildman–Crippen LogP) is 1.97. The highest BCUT2D eigenvalue weighted by molar-refractivity contribution is 5.83. The lowest BCUT2D eigenvalue weighted by atomic mass is 9.97. The first kappa shape index (κ1) is 32.9. The summed E-state index contributed by atoms with van der Waals surface area (Å²) in [5.41, 5.74) is 0.781. The van der Waals surface area contributed by atoms with Gasteiger partial charge in [-0.25, -0.2) is 4.79 Å². The van der Waals surface area contributed by atoms with Crippen molar-refractivity contribution in [1.29, 1.82) is 0 Å². The number of carbonyl (C=O) groups is 5. The summed E-state index contributed by atoms with van der Waals surface area (Å²) in [7, 11) is 2.73. The van der Waals surface area contributed by atoms with E-state index in [1.807, 2.05) is 6.07 Å². The van der Waals surface area contributed by atoms with Crippen LogP contribution in [0.25, 0.3) is 0 Å². The van der Waals surface area contributed by atoms with E-state index in [0.29, 0.717) is 0 Å². The van der Waals surface area contributed by atoms with E-state index in [-0.39, 0.29) is 18.4 Å². The number of hydrogen-bond acceptors (Lipinski definition) is 12. The van der Waals surface area contributed by atoms with Crippen LogP contribution in [0, 0.1) is 17.8 Å². The SMILES string of the molecule is COC(=O)[C@H]1O[C@@H](O[C@H]2CC(c3cccnc3)N(C)C2=O)[C@H](OC(=O)C(C)C)C(OC(=O)C(C)C)[C@@H]1OC(=O)C(C)C. The van der Waals surface area contributed by atoms with Crippen molar-refractivity contribution in [2.24, 2.45) is 17.8 Å². The van der Waals surface area contributed by atoms with E-state index in [0.717, 1.165) is 12.7 Å². The maximum atomic E-state index is 13.3. The van der Waals surface area contributed by atoms with Gasteiger partial charge in [-0.05, 0) is 11.6 Å². The van der Waals surface area contributed by atoms with Crippen LogP contribution in [0.15, 0.2) is 24.5 Å². The van der Waals surface area contributed by atoms with Crippen molar-refractivity contribution in [3.8, 4) is 0 Å². The number of amides is 1. The van der Waals surface area contributed by atoms with Crippen molar-refractivity contribution in [2.75, 3.05) is 14.2 Å². The molecule has 0 aromatic carbocycles. The Morgan fingerprint density at radius 3 is 1.95 bits per heavy atom. The van der Waals surface area contributed by atoms with Crippen LogP contribution in [-0.4, -0.2) is 90.6 Å². The number of rotatable bonds is 10. The molecule has 3 heterocycles. The first-order valence-electron chi connectivity index (χ1n) is 13.9. The van der Waals surface area contributed by atoms with Crippen molar-refractivity contribution in [3.05, 3.63) is 30.1 Å². The van der Waals surface area contributed by atoms with Gasteiger partial charge in [0, 0.05) is 25.9 Å². The van der Waals surface area contributed by atoms with Gasteiger partial charge in [-0.3, -0.25) is 24.2 Å². The molecule has 3 rings (SSSR count). The van der Waals surface area contributed by atoms with Gasteiger partial charge < -0.3 is 33.3 Å². The molecule has 0 spiro atoms. The third-order valence-electron chi connectivity index (χ3n) is 6.99. The molecule has 1 aromatic heterocycles. The predicted molar refractivity (Wildman–Crippen MR) is 144 cm³/mol. The average molecular weight is 593 g/mol. The molecule has 0 radical (unpaired) electrons. The number of carbonyl (C=O) groups excluding carboxylic acids is 5. The summed E-state index contributed by atoms with van der Waals surface area (Å²) >= 11 is 0. The first-order chi connectivity index (χ1) is 19.8. The second-order valence-electron chi connectivity index (χ2n) is 11.2. The molecule has 232 valence electrons. The number of likely N-dealkylation sites (N-methyl/N-ethyl adjacent to an activating group) is 1. The number of pyridine rings is 1. The van der Waals surface area contributed by atoms with Crippen molar-refractivity contribution in [2.45, 2.75) is 90.8 Å². The molecule has 13 nitrogen and oxygen atoms in total. The van der Waals surface area contributed by atoms with E-state index >= 15 is 0 Å². The molecule has 0 N–H and O–H groups in total. The van der Waals surface area contributed by atoms with E-state index in [9.17, 15) is 24.0 Å². The minimum absolute atomic E-state index is 0.191. The summed E-state index contributed by atoms with van der Waals surface area (Å²) in [6, 6.07) is 3.21. The Hall–Kier alpha value is -3.58. The topological polar surface area (TPSA) is 157 Å². The van der Waals surface area contributed by atoms with E-state index in [1.165, 1.54) is 4.90 Å². The summed E-state index contributed by atoms with van der Waals surface area (Å²) in [4.78, 5) is 70.3. The summed E-state index contributed by atoms with van der Waals surface area (Å²) < 4.78 is 34.1. The van der Waals surface area contributed by atoms with Crippen LogP contribution >= 0.6 is 0 Å². The van der Waals surface area contributed by atoms with Crippen LogP contribution < -0.4 is 0 Å². The Morgan fingerprint density at radius 1 is 0.905 bits per heavy atom. The van der Waals surface area contributed by atoms with Crippen LogP contribution in [0.5, 0.6) is 0 Å². The maximum Gasteiger partial charge on any atom is 0.339 e. The summed E-state index contributed by atoms with van der Waals surface area (Å²) in [6.45, 7) is 9.53. The van der Waals surface area contributed by atoms with E-state index in [2.05, 4.69) is 4.98 Å². The highest BCUT2D eigenvalue weighted by Crippen LogP contribution is 2.37. The van der Waals surface area contributed by atoms with Crippen LogP contribution in [0.3, 0.4) is 0 Å². The molecular formula is C29H40N2O11. The van der Waals surface area contributed by atoms with E-state index < -0.39 is 78.4 Å². The molecular weight excluding hydrogens is 552 g/mol. The van der Waals surface area contributed by atoms with Crippen LogP contribution in [-0.2, 0) is 52.4 Å². The molecule has 2 saturated heterocycles. The Bertz CT molecular complexity index is 1140. The Labute approximate surface area is 245 Å². The van der Waals surface area contributed by atoms with Gasteiger partial charge in [0.2, 0.25) is 6.29 Å². The second kappa shape index (κ2) is 14.1. The number of aromatic nitrogens is 1. The summed E-state index contributed by atoms with van der Waals surface area (Å²) in [6.07, 6.45) is -5.44. The van der Waals surface area contributed by atoms with Crippen LogP contribution in [0.4, 0.5) is 0 Å². The maximum absolute atomic E-state index is 13.3. The highest BCUT2D eigenvalue weighted by atomic mass is 16.7. The van der Waals surface area contributed by atoms with Crippen LogP contribution in [0.1, 0.15) is 59.6 Å². The summed E-state index contributed by atoms with van der Waals surface area (Å²) in [5, 5.41) is 0. The fourth-order valence-corrected chi connectivity index (χ4v) is 4.48. The zero-order chi connectivity index (χ0) is 31.3. The molecule has 13 heteroatoms. The molecule has 0 aliphatic carbocycles. The summed E-state index contributed by atoms with van der Waals surface area (Å²) in [5.74, 6) is -5.33. The molecule has 1 aromatic rings. The number of nitrogens with zero attached hydrogens (tertiary/aromatic N) is 2. The molecule has 2 aliphatic rings. The monoisotopic (exact) mass is 592 g/mol. The number of hydrogen-bond donors (Lipinski definition) is 0. The lowest BCUT2D eigenvalue weighted by Gasteiger charge is -2.44. The number of ether oxygens (including phenoxy) is 6. The molecule has 2 fully saturated rings. The van der Waals surface area contributed by atoms with Crippen molar-refractivity contribution >= 4 is 29.8 Å².